The topological polar surface area (TPSA) is 26.0 Å². The van der Waals surface area contributed by atoms with Gasteiger partial charge in [-0.2, -0.15) is 0 Å². The van der Waals surface area contributed by atoms with Crippen molar-refractivity contribution in [3.8, 4) is 0 Å². The molecule has 0 fully saturated rings. The highest BCUT2D eigenvalue weighted by atomic mass is 32.2. The standard InChI is InChI=1S/C14H14FNS/c1-10(16)14-12(15)8-5-9-13(14)17-11-6-3-2-4-7-11/h2-10H,16H2,1H3/t10-/m0/s1. The first kappa shape index (κ1) is 12.1. The van der Waals surface area contributed by atoms with Crippen LogP contribution in [-0.2, 0) is 0 Å². The second-order valence-electron chi connectivity index (χ2n) is 3.86. The number of benzene rings is 2. The van der Waals surface area contributed by atoms with E-state index in [0.717, 1.165) is 9.79 Å². The third-order valence-corrected chi connectivity index (χ3v) is 3.52. The van der Waals surface area contributed by atoms with Gasteiger partial charge in [0, 0.05) is 21.4 Å². The van der Waals surface area contributed by atoms with Gasteiger partial charge in [-0.05, 0) is 31.2 Å². The van der Waals surface area contributed by atoms with Gasteiger partial charge in [0.25, 0.3) is 0 Å². The largest absolute Gasteiger partial charge is 0.324 e. The van der Waals surface area contributed by atoms with Crippen LogP contribution < -0.4 is 5.73 Å². The first-order valence-corrected chi connectivity index (χ1v) is 6.27. The molecule has 1 nitrogen and oxygen atoms in total. The SMILES string of the molecule is C[C@H](N)c1c(F)cccc1Sc1ccccc1. The Morgan fingerprint density at radius 1 is 1.06 bits per heavy atom. The summed E-state index contributed by atoms with van der Waals surface area (Å²) in [5.41, 5.74) is 6.40. The third kappa shape index (κ3) is 2.87. The molecular weight excluding hydrogens is 233 g/mol. The Hall–Kier alpha value is -1.32. The molecule has 2 rings (SSSR count). The van der Waals surface area contributed by atoms with Crippen LogP contribution in [0.1, 0.15) is 18.5 Å². The molecule has 0 bridgehead atoms. The van der Waals surface area contributed by atoms with Crippen LogP contribution in [0.4, 0.5) is 4.39 Å². The van der Waals surface area contributed by atoms with E-state index >= 15 is 0 Å². The Bertz CT molecular complexity index is 497. The van der Waals surface area contributed by atoms with Crippen LogP contribution >= 0.6 is 11.8 Å². The molecule has 17 heavy (non-hydrogen) atoms. The van der Waals surface area contributed by atoms with Crippen LogP contribution in [0, 0.1) is 5.82 Å². The van der Waals surface area contributed by atoms with Crippen LogP contribution in [0.5, 0.6) is 0 Å². The van der Waals surface area contributed by atoms with E-state index in [9.17, 15) is 4.39 Å². The Labute approximate surface area is 105 Å². The van der Waals surface area contributed by atoms with Crippen LogP contribution in [0.25, 0.3) is 0 Å². The van der Waals surface area contributed by atoms with E-state index in [1.165, 1.54) is 17.8 Å². The van der Waals surface area contributed by atoms with Gasteiger partial charge in [0.05, 0.1) is 0 Å². The molecule has 0 saturated carbocycles. The number of rotatable bonds is 3. The van der Waals surface area contributed by atoms with E-state index in [1.54, 1.807) is 13.0 Å². The van der Waals surface area contributed by atoms with E-state index < -0.39 is 0 Å². The van der Waals surface area contributed by atoms with Crippen LogP contribution in [-0.4, -0.2) is 0 Å². The lowest BCUT2D eigenvalue weighted by Gasteiger charge is -2.13. The molecule has 88 valence electrons. The van der Waals surface area contributed by atoms with Gasteiger partial charge < -0.3 is 5.73 Å². The molecule has 0 amide bonds. The summed E-state index contributed by atoms with van der Waals surface area (Å²) in [6.45, 7) is 1.80. The first-order chi connectivity index (χ1) is 8.18. The van der Waals surface area contributed by atoms with E-state index in [1.807, 2.05) is 36.4 Å². The molecular formula is C14H14FNS. The lowest BCUT2D eigenvalue weighted by Crippen LogP contribution is -2.08. The van der Waals surface area contributed by atoms with Gasteiger partial charge in [-0.15, -0.1) is 0 Å². The van der Waals surface area contributed by atoms with Gasteiger partial charge in [-0.25, -0.2) is 4.39 Å². The van der Waals surface area contributed by atoms with Crippen molar-refractivity contribution >= 4 is 11.8 Å². The number of hydrogen-bond acceptors (Lipinski definition) is 2. The molecule has 1 atom stereocenters. The zero-order valence-electron chi connectivity index (χ0n) is 9.56. The molecule has 0 radical (unpaired) electrons. The zero-order chi connectivity index (χ0) is 12.3. The quantitative estimate of drug-likeness (QED) is 0.887. The normalized spacial score (nSPS) is 12.4. The van der Waals surface area contributed by atoms with Gasteiger partial charge in [-0.1, -0.05) is 36.0 Å². The molecule has 2 aromatic carbocycles. The smallest absolute Gasteiger partial charge is 0.129 e. The zero-order valence-corrected chi connectivity index (χ0v) is 10.4. The minimum absolute atomic E-state index is 0.235. The van der Waals surface area contributed by atoms with Gasteiger partial charge in [0.15, 0.2) is 0 Å². The lowest BCUT2D eigenvalue weighted by molar-refractivity contribution is 0.585. The van der Waals surface area contributed by atoms with Gasteiger partial charge >= 0.3 is 0 Å². The first-order valence-electron chi connectivity index (χ1n) is 5.45. The molecule has 2 N–H and O–H groups in total. The molecule has 2 aromatic rings. The van der Waals surface area contributed by atoms with Crippen molar-refractivity contribution in [3.05, 3.63) is 59.9 Å². The van der Waals surface area contributed by atoms with Crippen molar-refractivity contribution in [2.75, 3.05) is 0 Å². The Morgan fingerprint density at radius 2 is 1.76 bits per heavy atom. The van der Waals surface area contributed by atoms with Crippen molar-refractivity contribution in [1.82, 2.24) is 0 Å². The fourth-order valence-corrected chi connectivity index (χ4v) is 2.75. The van der Waals surface area contributed by atoms with E-state index in [0.29, 0.717) is 5.56 Å². The van der Waals surface area contributed by atoms with Gasteiger partial charge in [0.2, 0.25) is 0 Å². The highest BCUT2D eigenvalue weighted by Crippen LogP contribution is 2.33. The highest BCUT2D eigenvalue weighted by molar-refractivity contribution is 7.99. The number of halogens is 1. The summed E-state index contributed by atoms with van der Waals surface area (Å²) >= 11 is 1.54. The summed E-state index contributed by atoms with van der Waals surface area (Å²) in [5, 5.41) is 0. The monoisotopic (exact) mass is 247 g/mol. The number of hydrogen-bond donors (Lipinski definition) is 1. The van der Waals surface area contributed by atoms with Crippen molar-refractivity contribution < 1.29 is 4.39 Å². The van der Waals surface area contributed by atoms with Crippen LogP contribution in [0.2, 0.25) is 0 Å². The predicted molar refractivity (Wildman–Crippen MR) is 69.6 cm³/mol. The average Bonchev–Trinajstić information content (AvgIpc) is 2.30. The summed E-state index contributed by atoms with van der Waals surface area (Å²) in [4.78, 5) is 1.96. The van der Waals surface area contributed by atoms with Crippen molar-refractivity contribution in [1.29, 1.82) is 0 Å². The molecule has 3 heteroatoms. The summed E-state index contributed by atoms with van der Waals surface area (Å²) in [5.74, 6) is -0.235. The maximum absolute atomic E-state index is 13.7. The van der Waals surface area contributed by atoms with E-state index in [2.05, 4.69) is 0 Å². The molecule has 0 spiro atoms. The second kappa shape index (κ2) is 5.34. The summed E-state index contributed by atoms with van der Waals surface area (Å²) < 4.78 is 13.7. The third-order valence-electron chi connectivity index (χ3n) is 2.44. The van der Waals surface area contributed by atoms with E-state index in [4.69, 9.17) is 5.73 Å². The molecule has 0 aliphatic rings. The Balaban J connectivity index is 2.36. The second-order valence-corrected chi connectivity index (χ2v) is 4.97. The molecule has 0 aliphatic carbocycles. The fourth-order valence-electron chi connectivity index (χ4n) is 1.66. The summed E-state index contributed by atoms with van der Waals surface area (Å²) in [6, 6.07) is 14.7. The van der Waals surface area contributed by atoms with Crippen LogP contribution in [0.3, 0.4) is 0 Å². The van der Waals surface area contributed by atoms with Crippen molar-refractivity contribution in [2.24, 2.45) is 5.73 Å². The summed E-state index contributed by atoms with van der Waals surface area (Å²) in [7, 11) is 0. The minimum atomic E-state index is -0.303. The molecule has 0 saturated heterocycles. The Kier molecular flexibility index (Phi) is 3.82. The Morgan fingerprint density at radius 3 is 2.41 bits per heavy atom. The number of nitrogens with two attached hydrogens (primary N) is 1. The predicted octanol–water partition coefficient (Wildman–Crippen LogP) is 4.00. The summed E-state index contributed by atoms with van der Waals surface area (Å²) in [6.07, 6.45) is 0. The van der Waals surface area contributed by atoms with E-state index in [-0.39, 0.29) is 11.9 Å². The van der Waals surface area contributed by atoms with Gasteiger partial charge in [-0.3, -0.25) is 0 Å². The van der Waals surface area contributed by atoms with Gasteiger partial charge in [0.1, 0.15) is 5.82 Å². The van der Waals surface area contributed by atoms with Crippen molar-refractivity contribution in [3.63, 3.8) is 0 Å². The molecule has 0 heterocycles. The molecule has 0 aromatic heterocycles. The maximum atomic E-state index is 13.7. The minimum Gasteiger partial charge on any atom is -0.324 e. The van der Waals surface area contributed by atoms with Crippen molar-refractivity contribution in [2.45, 2.75) is 22.8 Å². The highest BCUT2D eigenvalue weighted by Gasteiger charge is 2.13. The average molecular weight is 247 g/mol. The molecule has 0 unspecified atom stereocenters. The van der Waals surface area contributed by atoms with Crippen LogP contribution in [0.15, 0.2) is 58.3 Å². The fraction of sp³-hybridized carbons (Fsp3) is 0.143. The maximum Gasteiger partial charge on any atom is 0.129 e. The lowest BCUT2D eigenvalue weighted by atomic mass is 10.1. The molecule has 0 aliphatic heterocycles.